The van der Waals surface area contributed by atoms with Crippen molar-refractivity contribution in [1.29, 1.82) is 0 Å². The van der Waals surface area contributed by atoms with Gasteiger partial charge in [-0.05, 0) is 25.5 Å². The van der Waals surface area contributed by atoms with Crippen molar-refractivity contribution in [2.75, 3.05) is 13.7 Å². The molecule has 0 aliphatic carbocycles. The first kappa shape index (κ1) is 12.4. The average molecular weight is 235 g/mol. The van der Waals surface area contributed by atoms with Gasteiger partial charge < -0.3 is 14.8 Å². The highest BCUT2D eigenvalue weighted by Crippen LogP contribution is 2.27. The Kier molecular flexibility index (Phi) is 4.02. The second-order valence-corrected chi connectivity index (χ2v) is 4.69. The highest BCUT2D eigenvalue weighted by Gasteiger charge is 2.23. The van der Waals surface area contributed by atoms with Crippen molar-refractivity contribution in [3.8, 4) is 5.75 Å². The van der Waals surface area contributed by atoms with E-state index >= 15 is 0 Å². The molecule has 1 aliphatic rings. The van der Waals surface area contributed by atoms with E-state index < -0.39 is 0 Å². The van der Waals surface area contributed by atoms with E-state index in [0.717, 1.165) is 18.7 Å². The van der Waals surface area contributed by atoms with Crippen LogP contribution in [-0.4, -0.2) is 31.9 Å². The van der Waals surface area contributed by atoms with Gasteiger partial charge in [0.25, 0.3) is 0 Å². The number of para-hydroxylation sites is 1. The maximum Gasteiger partial charge on any atom is 0.123 e. The highest BCUT2D eigenvalue weighted by atomic mass is 16.5. The molecule has 1 N–H and O–H groups in total. The molecule has 0 amide bonds. The second-order valence-electron chi connectivity index (χ2n) is 4.69. The lowest BCUT2D eigenvalue weighted by atomic mass is 10.1. The lowest BCUT2D eigenvalue weighted by molar-refractivity contribution is 0.0842. The van der Waals surface area contributed by atoms with Crippen LogP contribution in [0, 0.1) is 0 Å². The summed E-state index contributed by atoms with van der Waals surface area (Å²) >= 11 is 0. The third kappa shape index (κ3) is 2.99. The molecule has 1 heterocycles. The lowest BCUT2D eigenvalue weighted by Gasteiger charge is -2.21. The summed E-state index contributed by atoms with van der Waals surface area (Å²) in [5.74, 6) is 1.03. The first-order valence-electron chi connectivity index (χ1n) is 6.21. The van der Waals surface area contributed by atoms with Crippen LogP contribution in [0.1, 0.15) is 19.4 Å². The quantitative estimate of drug-likeness (QED) is 0.846. The number of methoxy groups -OCH3 is 1. The van der Waals surface area contributed by atoms with Crippen molar-refractivity contribution in [3.05, 3.63) is 29.8 Å². The van der Waals surface area contributed by atoms with Gasteiger partial charge in [0.1, 0.15) is 11.9 Å². The zero-order valence-corrected chi connectivity index (χ0v) is 10.8. The van der Waals surface area contributed by atoms with Gasteiger partial charge >= 0.3 is 0 Å². The van der Waals surface area contributed by atoms with Gasteiger partial charge in [-0.3, -0.25) is 0 Å². The van der Waals surface area contributed by atoms with E-state index in [1.54, 1.807) is 7.11 Å². The van der Waals surface area contributed by atoms with Crippen molar-refractivity contribution >= 4 is 0 Å². The Morgan fingerprint density at radius 1 is 1.41 bits per heavy atom. The molecule has 3 atom stereocenters. The molecule has 0 bridgehead atoms. The van der Waals surface area contributed by atoms with Gasteiger partial charge in [0.05, 0.1) is 6.10 Å². The van der Waals surface area contributed by atoms with Crippen LogP contribution in [0.4, 0.5) is 0 Å². The Balaban J connectivity index is 1.80. The average Bonchev–Trinajstić information content (AvgIpc) is 2.77. The second kappa shape index (κ2) is 5.52. The number of rotatable bonds is 5. The minimum absolute atomic E-state index is 0.221. The van der Waals surface area contributed by atoms with E-state index in [1.165, 1.54) is 5.56 Å². The molecule has 0 aromatic heterocycles. The van der Waals surface area contributed by atoms with Crippen molar-refractivity contribution < 1.29 is 9.47 Å². The Morgan fingerprint density at radius 3 is 2.88 bits per heavy atom. The Bertz CT molecular complexity index is 342. The monoisotopic (exact) mass is 235 g/mol. The molecule has 0 fully saturated rings. The molecule has 0 spiro atoms. The summed E-state index contributed by atoms with van der Waals surface area (Å²) in [6, 6.07) is 8.60. The van der Waals surface area contributed by atoms with Crippen LogP contribution in [0.25, 0.3) is 0 Å². The van der Waals surface area contributed by atoms with Crippen molar-refractivity contribution in [2.24, 2.45) is 0 Å². The van der Waals surface area contributed by atoms with Gasteiger partial charge in [-0.25, -0.2) is 0 Å². The Hall–Kier alpha value is -1.06. The lowest BCUT2D eigenvalue weighted by Crippen LogP contribution is -2.41. The third-order valence-corrected chi connectivity index (χ3v) is 3.46. The number of hydrogen-bond acceptors (Lipinski definition) is 3. The van der Waals surface area contributed by atoms with Gasteiger partial charge in [-0.1, -0.05) is 18.2 Å². The number of nitrogens with one attached hydrogen (secondary N) is 1. The number of fused-ring (bicyclic) bond motifs is 1. The van der Waals surface area contributed by atoms with Crippen molar-refractivity contribution in [1.82, 2.24) is 5.32 Å². The molecule has 3 unspecified atom stereocenters. The molecule has 3 heteroatoms. The minimum atomic E-state index is 0.221. The van der Waals surface area contributed by atoms with Crippen LogP contribution >= 0.6 is 0 Å². The summed E-state index contributed by atoms with van der Waals surface area (Å²) in [4.78, 5) is 0. The fourth-order valence-corrected chi connectivity index (χ4v) is 2.06. The van der Waals surface area contributed by atoms with Gasteiger partial charge in [-0.15, -0.1) is 0 Å². The predicted octanol–water partition coefficient (Wildman–Crippen LogP) is 2.00. The third-order valence-electron chi connectivity index (χ3n) is 3.46. The van der Waals surface area contributed by atoms with Crippen LogP contribution in [0.3, 0.4) is 0 Å². The Morgan fingerprint density at radius 2 is 2.18 bits per heavy atom. The fourth-order valence-electron chi connectivity index (χ4n) is 2.06. The summed E-state index contributed by atoms with van der Waals surface area (Å²) in [7, 11) is 1.74. The molecule has 0 saturated heterocycles. The number of benzene rings is 1. The highest BCUT2D eigenvalue weighted by molar-refractivity contribution is 5.37. The van der Waals surface area contributed by atoms with Crippen LogP contribution in [0.15, 0.2) is 24.3 Å². The Labute approximate surface area is 103 Å². The molecule has 17 heavy (non-hydrogen) atoms. The van der Waals surface area contributed by atoms with E-state index in [-0.39, 0.29) is 12.2 Å². The van der Waals surface area contributed by atoms with E-state index in [4.69, 9.17) is 9.47 Å². The first-order chi connectivity index (χ1) is 8.20. The summed E-state index contributed by atoms with van der Waals surface area (Å²) in [6.45, 7) is 5.07. The van der Waals surface area contributed by atoms with E-state index in [2.05, 4.69) is 31.3 Å². The van der Waals surface area contributed by atoms with Gasteiger partial charge in [0.15, 0.2) is 0 Å². The fraction of sp³-hybridized carbons (Fsp3) is 0.571. The van der Waals surface area contributed by atoms with Crippen LogP contribution in [-0.2, 0) is 11.2 Å². The molecule has 0 radical (unpaired) electrons. The first-order valence-corrected chi connectivity index (χ1v) is 6.21. The number of hydrogen-bond donors (Lipinski definition) is 1. The topological polar surface area (TPSA) is 30.5 Å². The molecule has 1 aromatic carbocycles. The maximum atomic E-state index is 5.87. The molecule has 2 rings (SSSR count). The van der Waals surface area contributed by atoms with E-state index in [9.17, 15) is 0 Å². The molecule has 0 saturated carbocycles. The molecule has 1 aromatic rings. The van der Waals surface area contributed by atoms with E-state index in [1.807, 2.05) is 12.1 Å². The van der Waals surface area contributed by atoms with Crippen LogP contribution in [0.5, 0.6) is 5.75 Å². The van der Waals surface area contributed by atoms with Gasteiger partial charge in [0, 0.05) is 26.1 Å². The smallest absolute Gasteiger partial charge is 0.123 e. The van der Waals surface area contributed by atoms with Crippen LogP contribution < -0.4 is 10.1 Å². The zero-order chi connectivity index (χ0) is 12.3. The van der Waals surface area contributed by atoms with Gasteiger partial charge in [-0.2, -0.15) is 0 Å². The maximum absolute atomic E-state index is 5.87. The normalized spacial score (nSPS) is 21.7. The standard InChI is InChI=1S/C14H21NO2/c1-10(11(2)16-3)15-9-13-8-12-6-4-5-7-14(12)17-13/h4-7,10-11,13,15H,8-9H2,1-3H3. The summed E-state index contributed by atoms with van der Waals surface area (Å²) < 4.78 is 11.2. The summed E-state index contributed by atoms with van der Waals surface area (Å²) in [6.07, 6.45) is 1.47. The van der Waals surface area contributed by atoms with Crippen molar-refractivity contribution in [2.45, 2.75) is 38.5 Å². The minimum Gasteiger partial charge on any atom is -0.488 e. The largest absolute Gasteiger partial charge is 0.488 e. The molecule has 1 aliphatic heterocycles. The molecular weight excluding hydrogens is 214 g/mol. The van der Waals surface area contributed by atoms with E-state index in [0.29, 0.717) is 6.04 Å². The SMILES string of the molecule is COC(C)C(C)NCC1Cc2ccccc2O1. The van der Waals surface area contributed by atoms with Gasteiger partial charge in [0.2, 0.25) is 0 Å². The zero-order valence-electron chi connectivity index (χ0n) is 10.8. The molecular formula is C14H21NO2. The van der Waals surface area contributed by atoms with Crippen molar-refractivity contribution in [3.63, 3.8) is 0 Å². The summed E-state index contributed by atoms with van der Waals surface area (Å²) in [5.41, 5.74) is 1.31. The summed E-state index contributed by atoms with van der Waals surface area (Å²) in [5, 5.41) is 3.46. The molecule has 94 valence electrons. The van der Waals surface area contributed by atoms with Crippen LogP contribution in [0.2, 0.25) is 0 Å². The molecule has 3 nitrogen and oxygen atoms in total. The number of ether oxygens (including phenoxy) is 2. The predicted molar refractivity (Wildman–Crippen MR) is 68.5 cm³/mol.